The fourth-order valence-electron chi connectivity index (χ4n) is 2.15. The van der Waals surface area contributed by atoms with Crippen LogP contribution in [0.1, 0.15) is 16.3 Å². The van der Waals surface area contributed by atoms with E-state index in [0.717, 1.165) is 27.9 Å². The molecule has 0 saturated heterocycles. The van der Waals surface area contributed by atoms with Crippen molar-refractivity contribution in [2.45, 2.75) is 19.3 Å². The first-order chi connectivity index (χ1) is 9.17. The molecule has 98 valence electrons. The van der Waals surface area contributed by atoms with E-state index >= 15 is 0 Å². The summed E-state index contributed by atoms with van der Waals surface area (Å²) in [5.41, 5.74) is 3.40. The first-order valence-electron chi connectivity index (χ1n) is 5.92. The second-order valence-electron chi connectivity index (χ2n) is 4.47. The van der Waals surface area contributed by atoms with E-state index < -0.39 is 0 Å². The lowest BCUT2D eigenvalue weighted by Gasteiger charge is -2.06. The Hall–Kier alpha value is -0.840. The highest BCUT2D eigenvalue weighted by Crippen LogP contribution is 2.25. The zero-order valence-electron chi connectivity index (χ0n) is 10.4. The Balaban J connectivity index is 2.12. The molecule has 0 radical (unpaired) electrons. The van der Waals surface area contributed by atoms with Crippen LogP contribution in [-0.2, 0) is 12.4 Å². The Labute approximate surface area is 129 Å². The summed E-state index contributed by atoms with van der Waals surface area (Å²) < 4.78 is 3.33. The summed E-state index contributed by atoms with van der Waals surface area (Å²) >= 11 is 11.3. The molecular formula is C14H12BrClN2S. The average molecular weight is 356 g/mol. The maximum atomic E-state index is 6.03. The third-order valence-corrected chi connectivity index (χ3v) is 4.96. The summed E-state index contributed by atoms with van der Waals surface area (Å²) in [5, 5.41) is 2.10. The van der Waals surface area contributed by atoms with Gasteiger partial charge in [0.2, 0.25) is 0 Å². The Morgan fingerprint density at radius 2 is 2.21 bits per heavy atom. The Bertz CT molecular complexity index is 732. The summed E-state index contributed by atoms with van der Waals surface area (Å²) in [7, 11) is 0. The van der Waals surface area contributed by atoms with Crippen LogP contribution in [0.5, 0.6) is 0 Å². The second-order valence-corrected chi connectivity index (χ2v) is 6.65. The lowest BCUT2D eigenvalue weighted by Crippen LogP contribution is -2.02. The smallest absolute Gasteiger partial charge is 0.125 e. The van der Waals surface area contributed by atoms with Crippen LogP contribution in [-0.4, -0.2) is 9.55 Å². The molecular weight excluding hydrogens is 344 g/mol. The quantitative estimate of drug-likeness (QED) is 0.607. The minimum atomic E-state index is 0.431. The number of nitrogens with zero attached hydrogens (tertiary/aromatic N) is 2. The summed E-state index contributed by atoms with van der Waals surface area (Å²) in [6.45, 7) is 2.91. The van der Waals surface area contributed by atoms with Gasteiger partial charge in [0.05, 0.1) is 23.5 Å². The van der Waals surface area contributed by atoms with Crippen LogP contribution in [0.15, 0.2) is 34.1 Å². The highest BCUT2D eigenvalue weighted by molar-refractivity contribution is 9.10. The molecule has 2 nitrogen and oxygen atoms in total. The van der Waals surface area contributed by atoms with E-state index in [1.165, 1.54) is 10.4 Å². The number of hydrogen-bond acceptors (Lipinski definition) is 2. The molecule has 0 unspecified atom stereocenters. The number of hydrogen-bond donors (Lipinski definition) is 0. The summed E-state index contributed by atoms with van der Waals surface area (Å²) in [5.74, 6) is 1.35. The van der Waals surface area contributed by atoms with Crippen molar-refractivity contribution in [2.75, 3.05) is 0 Å². The third-order valence-electron chi connectivity index (χ3n) is 3.04. The van der Waals surface area contributed by atoms with Gasteiger partial charge < -0.3 is 4.57 Å². The van der Waals surface area contributed by atoms with Crippen molar-refractivity contribution in [2.24, 2.45) is 0 Å². The van der Waals surface area contributed by atoms with Gasteiger partial charge in [0.25, 0.3) is 0 Å². The number of aromatic nitrogens is 2. The zero-order valence-corrected chi connectivity index (χ0v) is 13.5. The van der Waals surface area contributed by atoms with E-state index in [4.69, 9.17) is 11.6 Å². The van der Waals surface area contributed by atoms with Crippen LogP contribution in [0, 0.1) is 6.92 Å². The van der Waals surface area contributed by atoms with Crippen molar-refractivity contribution in [1.82, 2.24) is 9.55 Å². The number of alkyl halides is 1. The molecule has 0 spiro atoms. The predicted octanol–water partition coefficient (Wildman–Crippen LogP) is 4.96. The largest absolute Gasteiger partial charge is 0.322 e. The fourth-order valence-corrected chi connectivity index (χ4v) is 3.80. The average Bonchev–Trinajstić information content (AvgIpc) is 2.94. The standard InChI is InChI=1S/C14H12BrClN2S/c1-9-2-3-12-13(4-9)18(14(6-16)17-12)7-11-5-10(15)8-19-11/h2-5,8H,6-7H2,1H3. The topological polar surface area (TPSA) is 17.8 Å². The van der Waals surface area contributed by atoms with Gasteiger partial charge in [-0.1, -0.05) is 6.07 Å². The summed E-state index contributed by atoms with van der Waals surface area (Å²) in [4.78, 5) is 5.89. The minimum absolute atomic E-state index is 0.431. The van der Waals surface area contributed by atoms with Crippen LogP contribution in [0.25, 0.3) is 11.0 Å². The second kappa shape index (κ2) is 5.27. The van der Waals surface area contributed by atoms with Gasteiger partial charge in [0.15, 0.2) is 0 Å². The lowest BCUT2D eigenvalue weighted by molar-refractivity contribution is 0.789. The fraction of sp³-hybridized carbons (Fsp3) is 0.214. The third kappa shape index (κ3) is 2.57. The van der Waals surface area contributed by atoms with E-state index in [1.807, 2.05) is 0 Å². The molecule has 0 aliphatic heterocycles. The number of rotatable bonds is 3. The Morgan fingerprint density at radius 3 is 2.89 bits per heavy atom. The molecule has 0 amide bonds. The molecule has 1 aromatic carbocycles. The van der Waals surface area contributed by atoms with Gasteiger partial charge in [-0.15, -0.1) is 22.9 Å². The van der Waals surface area contributed by atoms with Crippen LogP contribution in [0.3, 0.4) is 0 Å². The van der Waals surface area contributed by atoms with E-state index in [1.54, 1.807) is 11.3 Å². The van der Waals surface area contributed by atoms with Crippen molar-refractivity contribution in [3.8, 4) is 0 Å². The molecule has 3 aromatic rings. The van der Waals surface area contributed by atoms with Gasteiger partial charge in [-0.2, -0.15) is 0 Å². The predicted molar refractivity (Wildman–Crippen MR) is 85.1 cm³/mol. The van der Waals surface area contributed by atoms with Crippen LogP contribution >= 0.6 is 38.9 Å². The van der Waals surface area contributed by atoms with Gasteiger partial charge in [-0.25, -0.2) is 4.98 Å². The number of fused-ring (bicyclic) bond motifs is 1. The van der Waals surface area contributed by atoms with Gasteiger partial charge in [0, 0.05) is 14.7 Å². The molecule has 0 bridgehead atoms. The number of benzene rings is 1. The van der Waals surface area contributed by atoms with Gasteiger partial charge >= 0.3 is 0 Å². The first kappa shape index (κ1) is 13.2. The van der Waals surface area contributed by atoms with E-state index in [9.17, 15) is 0 Å². The van der Waals surface area contributed by atoms with Crippen LogP contribution < -0.4 is 0 Å². The molecule has 0 N–H and O–H groups in total. The zero-order chi connectivity index (χ0) is 13.4. The van der Waals surface area contributed by atoms with Crippen molar-refractivity contribution in [3.63, 3.8) is 0 Å². The van der Waals surface area contributed by atoms with Crippen molar-refractivity contribution >= 4 is 49.9 Å². The minimum Gasteiger partial charge on any atom is -0.322 e. The van der Waals surface area contributed by atoms with E-state index in [0.29, 0.717) is 5.88 Å². The monoisotopic (exact) mass is 354 g/mol. The maximum Gasteiger partial charge on any atom is 0.125 e. The highest BCUT2D eigenvalue weighted by atomic mass is 79.9. The number of imidazole rings is 1. The molecule has 2 heterocycles. The molecule has 19 heavy (non-hydrogen) atoms. The number of thiophene rings is 1. The molecule has 0 atom stereocenters. The van der Waals surface area contributed by atoms with Gasteiger partial charge in [-0.3, -0.25) is 0 Å². The SMILES string of the molecule is Cc1ccc2nc(CCl)n(Cc3cc(Br)cs3)c2c1. The lowest BCUT2D eigenvalue weighted by atomic mass is 10.2. The molecule has 2 aromatic heterocycles. The van der Waals surface area contributed by atoms with E-state index in [-0.39, 0.29) is 0 Å². The van der Waals surface area contributed by atoms with Gasteiger partial charge in [0.1, 0.15) is 5.82 Å². The van der Waals surface area contributed by atoms with E-state index in [2.05, 4.69) is 62.1 Å². The molecule has 0 aliphatic rings. The van der Waals surface area contributed by atoms with Crippen molar-refractivity contribution in [1.29, 1.82) is 0 Å². The van der Waals surface area contributed by atoms with Crippen LogP contribution in [0.2, 0.25) is 0 Å². The molecule has 5 heteroatoms. The Morgan fingerprint density at radius 1 is 1.37 bits per heavy atom. The summed E-state index contributed by atoms with van der Waals surface area (Å²) in [6, 6.07) is 8.45. The van der Waals surface area contributed by atoms with Gasteiger partial charge in [-0.05, 0) is 46.6 Å². The number of aryl methyl sites for hydroxylation is 1. The molecule has 0 saturated carbocycles. The first-order valence-corrected chi connectivity index (χ1v) is 8.13. The normalized spacial score (nSPS) is 11.3. The number of halogens is 2. The maximum absolute atomic E-state index is 6.03. The van der Waals surface area contributed by atoms with Crippen molar-refractivity contribution in [3.05, 3.63) is 50.4 Å². The Kier molecular flexibility index (Phi) is 3.65. The molecule has 0 fully saturated rings. The highest BCUT2D eigenvalue weighted by Gasteiger charge is 2.11. The van der Waals surface area contributed by atoms with Crippen molar-refractivity contribution < 1.29 is 0 Å². The summed E-state index contributed by atoms with van der Waals surface area (Å²) in [6.07, 6.45) is 0. The molecule has 3 rings (SSSR count). The molecule has 0 aliphatic carbocycles. The van der Waals surface area contributed by atoms with Crippen LogP contribution in [0.4, 0.5) is 0 Å².